The number of benzene rings is 1. The zero-order valence-corrected chi connectivity index (χ0v) is 17.0. The molecule has 1 aromatic carbocycles. The van der Waals surface area contributed by atoms with Crippen molar-refractivity contribution in [2.24, 2.45) is 0 Å². The Hall–Kier alpha value is -1.68. The van der Waals surface area contributed by atoms with E-state index in [-0.39, 0.29) is 32.9 Å². The molecule has 0 spiro atoms. The Kier molecular flexibility index (Phi) is 6.36. The molecule has 2 aromatic rings. The average Bonchev–Trinajstić information content (AvgIpc) is 2.87. The molecule has 0 atom stereocenters. The summed E-state index contributed by atoms with van der Waals surface area (Å²) < 4.78 is 28.9. The highest BCUT2D eigenvalue weighted by molar-refractivity contribution is 7.89. The summed E-state index contributed by atoms with van der Waals surface area (Å²) in [5, 5.41) is 12.3. The fourth-order valence-electron chi connectivity index (χ4n) is 2.96. The highest BCUT2D eigenvalue weighted by atomic mass is 35.5. The maximum atomic E-state index is 12.9. The van der Waals surface area contributed by atoms with Crippen molar-refractivity contribution in [2.75, 3.05) is 18.4 Å². The van der Waals surface area contributed by atoms with Crippen molar-refractivity contribution in [3.63, 3.8) is 0 Å². The van der Waals surface area contributed by atoms with Gasteiger partial charge in [0.15, 0.2) is 4.80 Å². The summed E-state index contributed by atoms with van der Waals surface area (Å²) in [5.41, 5.74) is 0.250. The van der Waals surface area contributed by atoms with Gasteiger partial charge in [0.2, 0.25) is 15.9 Å². The Balaban J connectivity index is 1.80. The molecule has 146 valence electrons. The molecule has 2 N–H and O–H groups in total. The molecule has 1 fully saturated rings. The molecule has 1 aliphatic rings. The second kappa shape index (κ2) is 8.55. The molecule has 1 saturated heterocycles. The number of rotatable bonds is 5. The van der Waals surface area contributed by atoms with E-state index in [1.54, 1.807) is 11.6 Å². The Labute approximate surface area is 167 Å². The van der Waals surface area contributed by atoms with E-state index in [0.717, 1.165) is 25.7 Å². The summed E-state index contributed by atoms with van der Waals surface area (Å²) in [5.74, 6) is -0.377. The number of amides is 1. The number of aromatic nitrogens is 1. The van der Waals surface area contributed by atoms with Gasteiger partial charge in [-0.2, -0.15) is 4.31 Å². The van der Waals surface area contributed by atoms with Crippen LogP contribution in [0.1, 0.15) is 25.7 Å². The number of hydrogen-bond acceptors (Lipinski definition) is 5. The minimum Gasteiger partial charge on any atom is -0.323 e. The predicted octanol–water partition coefficient (Wildman–Crippen LogP) is 2.89. The first-order valence-electron chi connectivity index (χ1n) is 8.66. The van der Waals surface area contributed by atoms with Gasteiger partial charge in [0.25, 0.3) is 0 Å². The zero-order valence-electron chi connectivity index (χ0n) is 14.7. The van der Waals surface area contributed by atoms with E-state index in [2.05, 4.69) is 5.32 Å². The molecule has 0 aliphatic carbocycles. The summed E-state index contributed by atoms with van der Waals surface area (Å²) in [4.78, 5) is 12.6. The quantitative estimate of drug-likeness (QED) is 0.766. The van der Waals surface area contributed by atoms with E-state index < -0.39 is 10.0 Å². The fraction of sp³-hybridized carbons (Fsp3) is 0.412. The molecule has 0 unspecified atom stereocenters. The van der Waals surface area contributed by atoms with Crippen LogP contribution in [-0.2, 0) is 21.4 Å². The lowest BCUT2D eigenvalue weighted by Gasteiger charge is -2.20. The zero-order chi connectivity index (χ0) is 19.4. The second-order valence-electron chi connectivity index (χ2n) is 6.34. The van der Waals surface area contributed by atoms with Crippen molar-refractivity contribution in [1.82, 2.24) is 8.87 Å². The van der Waals surface area contributed by atoms with Crippen LogP contribution in [0.4, 0.5) is 5.69 Å². The normalized spacial score (nSPS) is 16.0. The minimum atomic E-state index is -3.63. The molecule has 2 heterocycles. The number of hydrogen-bond donors (Lipinski definition) is 2. The van der Waals surface area contributed by atoms with Crippen LogP contribution in [0.25, 0.3) is 0 Å². The molecule has 1 amide bonds. The van der Waals surface area contributed by atoms with Crippen LogP contribution in [-0.4, -0.2) is 36.3 Å². The maximum absolute atomic E-state index is 12.9. The summed E-state index contributed by atoms with van der Waals surface area (Å²) >= 11 is 7.37. The van der Waals surface area contributed by atoms with Gasteiger partial charge in [0.1, 0.15) is 6.54 Å². The molecule has 1 aromatic heterocycles. The molecule has 10 heteroatoms. The maximum Gasteiger partial charge on any atom is 0.244 e. The van der Waals surface area contributed by atoms with Crippen LogP contribution in [0.2, 0.25) is 5.02 Å². The molecule has 27 heavy (non-hydrogen) atoms. The van der Waals surface area contributed by atoms with Gasteiger partial charge < -0.3 is 9.88 Å². The van der Waals surface area contributed by atoms with Gasteiger partial charge in [-0.25, -0.2) is 8.42 Å². The largest absolute Gasteiger partial charge is 0.323 e. The Morgan fingerprint density at radius 1 is 1.22 bits per heavy atom. The number of nitrogens with one attached hydrogen (secondary N) is 2. The number of thiazole rings is 1. The third kappa shape index (κ3) is 4.78. The van der Waals surface area contributed by atoms with Crippen LogP contribution in [0, 0.1) is 5.41 Å². The van der Waals surface area contributed by atoms with Crippen molar-refractivity contribution >= 4 is 44.6 Å². The van der Waals surface area contributed by atoms with Crippen molar-refractivity contribution in [2.45, 2.75) is 37.1 Å². The van der Waals surface area contributed by atoms with Gasteiger partial charge >= 0.3 is 0 Å². The van der Waals surface area contributed by atoms with Crippen LogP contribution >= 0.6 is 22.9 Å². The van der Waals surface area contributed by atoms with Crippen LogP contribution < -0.4 is 10.1 Å². The minimum absolute atomic E-state index is 0.0399. The third-order valence-corrected chi connectivity index (χ3v) is 7.35. The number of halogens is 1. The number of anilines is 1. The van der Waals surface area contributed by atoms with E-state index in [1.165, 1.54) is 38.4 Å². The summed E-state index contributed by atoms with van der Waals surface area (Å²) in [6.45, 7) is 0.975. The lowest BCUT2D eigenvalue weighted by Crippen LogP contribution is -2.32. The summed E-state index contributed by atoms with van der Waals surface area (Å²) in [6.07, 6.45) is 5.42. The fourth-order valence-corrected chi connectivity index (χ4v) is 5.27. The molecular formula is C17H21ClN4O3S2. The van der Waals surface area contributed by atoms with Crippen LogP contribution in [0.3, 0.4) is 0 Å². The summed E-state index contributed by atoms with van der Waals surface area (Å²) in [7, 11) is -3.63. The molecular weight excluding hydrogens is 408 g/mol. The molecule has 0 saturated carbocycles. The van der Waals surface area contributed by atoms with Gasteiger partial charge in [-0.05, 0) is 31.0 Å². The monoisotopic (exact) mass is 428 g/mol. The smallest absolute Gasteiger partial charge is 0.244 e. The van der Waals surface area contributed by atoms with Gasteiger partial charge in [-0.1, -0.05) is 24.4 Å². The molecule has 0 radical (unpaired) electrons. The lowest BCUT2D eigenvalue weighted by atomic mass is 10.2. The van der Waals surface area contributed by atoms with Crippen molar-refractivity contribution in [3.05, 3.63) is 39.6 Å². The highest BCUT2D eigenvalue weighted by Crippen LogP contribution is 2.28. The number of nitrogens with zero attached hydrogens (tertiary/aromatic N) is 2. The highest BCUT2D eigenvalue weighted by Gasteiger charge is 2.26. The van der Waals surface area contributed by atoms with E-state index >= 15 is 0 Å². The van der Waals surface area contributed by atoms with E-state index in [1.807, 2.05) is 0 Å². The van der Waals surface area contributed by atoms with Crippen molar-refractivity contribution in [1.29, 1.82) is 5.41 Å². The summed E-state index contributed by atoms with van der Waals surface area (Å²) in [6, 6.07) is 4.35. The number of carbonyl (C=O) groups is 1. The topological polar surface area (TPSA) is 95.3 Å². The van der Waals surface area contributed by atoms with Crippen molar-refractivity contribution < 1.29 is 13.2 Å². The Bertz CT molecular complexity index is 976. The van der Waals surface area contributed by atoms with Crippen molar-refractivity contribution in [3.8, 4) is 0 Å². The first-order chi connectivity index (χ1) is 12.9. The van der Waals surface area contributed by atoms with Gasteiger partial charge in [-0.15, -0.1) is 11.3 Å². The van der Waals surface area contributed by atoms with E-state index in [4.69, 9.17) is 17.0 Å². The first-order valence-corrected chi connectivity index (χ1v) is 11.4. The average molecular weight is 429 g/mol. The third-order valence-electron chi connectivity index (χ3n) is 4.41. The molecule has 7 nitrogen and oxygen atoms in total. The van der Waals surface area contributed by atoms with Crippen LogP contribution in [0.15, 0.2) is 34.7 Å². The second-order valence-corrected chi connectivity index (χ2v) is 9.58. The molecule has 0 bridgehead atoms. The predicted molar refractivity (Wildman–Crippen MR) is 105 cm³/mol. The van der Waals surface area contributed by atoms with Gasteiger partial charge in [0.05, 0.1) is 15.6 Å². The Morgan fingerprint density at radius 3 is 2.56 bits per heavy atom. The number of carbonyl (C=O) groups excluding carboxylic acids is 1. The van der Waals surface area contributed by atoms with E-state index in [0.29, 0.717) is 13.1 Å². The van der Waals surface area contributed by atoms with E-state index in [9.17, 15) is 13.2 Å². The lowest BCUT2D eigenvalue weighted by molar-refractivity contribution is -0.116. The van der Waals surface area contributed by atoms with Crippen LogP contribution in [0.5, 0.6) is 0 Å². The standard InChI is InChI=1S/C17H21ClN4O3S2/c18-14-6-5-13(27(24,25)22-7-3-1-2-4-8-22)11-15(14)20-16(23)12-21-9-10-26-17(21)19/h5-6,9-11,19H,1-4,7-8,12H2,(H,20,23). The Morgan fingerprint density at radius 2 is 1.93 bits per heavy atom. The molecule has 1 aliphatic heterocycles. The SMILES string of the molecule is N=c1sccn1CC(=O)Nc1cc(S(=O)(=O)N2CCCCCC2)ccc1Cl. The molecule has 3 rings (SSSR count). The van der Waals surface area contributed by atoms with Gasteiger partial charge in [0, 0.05) is 24.7 Å². The number of sulfonamides is 1. The van der Waals surface area contributed by atoms with Gasteiger partial charge in [-0.3, -0.25) is 10.2 Å². The first kappa shape index (κ1) is 20.1.